The number of H-pyrrole nitrogens is 1. The maximum Gasteiger partial charge on any atom is 0.490 e. The average molecular weight is 445 g/mol. The van der Waals surface area contributed by atoms with Gasteiger partial charge in [0, 0.05) is 28.8 Å². The monoisotopic (exact) mass is 444 g/mol. The van der Waals surface area contributed by atoms with Crippen LogP contribution in [0.3, 0.4) is 0 Å². The fourth-order valence-corrected chi connectivity index (χ4v) is 2.26. The highest BCUT2D eigenvalue weighted by Gasteiger charge is 2.38. The van der Waals surface area contributed by atoms with Crippen molar-refractivity contribution in [3.8, 4) is 11.4 Å². The second-order valence-electron chi connectivity index (χ2n) is 5.17. The molecule has 142 valence electrons. The average Bonchev–Trinajstić information content (AvgIpc) is 2.97. The largest absolute Gasteiger partial charge is 0.490 e. The summed E-state index contributed by atoms with van der Waals surface area (Å²) in [4.78, 5) is 31.8. The van der Waals surface area contributed by atoms with E-state index in [9.17, 15) is 18.0 Å². The number of hydrogen-bond donors (Lipinski definition) is 3. The lowest BCUT2D eigenvalue weighted by molar-refractivity contribution is -0.192. The Balaban J connectivity index is 0.000000321. The molecule has 2 heterocycles. The van der Waals surface area contributed by atoms with Crippen molar-refractivity contribution in [3.05, 3.63) is 41.0 Å². The van der Waals surface area contributed by atoms with Gasteiger partial charge in [-0.25, -0.2) is 14.8 Å². The number of fused-ring (bicyclic) bond motifs is 1. The van der Waals surface area contributed by atoms with E-state index in [1.54, 1.807) is 6.20 Å². The van der Waals surface area contributed by atoms with Crippen molar-refractivity contribution in [1.29, 1.82) is 0 Å². The molecule has 0 saturated carbocycles. The number of carbonyl (C=O) groups excluding carboxylic acids is 1. The van der Waals surface area contributed by atoms with Gasteiger partial charge in [-0.3, -0.25) is 4.79 Å². The summed E-state index contributed by atoms with van der Waals surface area (Å²) in [6.07, 6.45) is -3.37. The molecule has 2 aromatic heterocycles. The molecule has 0 spiro atoms. The summed E-state index contributed by atoms with van der Waals surface area (Å²) in [7, 11) is 0. The second-order valence-corrected chi connectivity index (χ2v) is 6.09. The number of rotatable bonds is 2. The number of hydrogen-bond acceptors (Lipinski definition) is 4. The molecule has 0 aliphatic heterocycles. The zero-order chi connectivity index (χ0) is 20.2. The van der Waals surface area contributed by atoms with E-state index in [0.29, 0.717) is 5.65 Å². The maximum absolute atomic E-state index is 11.0. The molecule has 1 amide bonds. The second kappa shape index (κ2) is 8.16. The third kappa shape index (κ3) is 5.78. The Labute approximate surface area is 158 Å². The Morgan fingerprint density at radius 3 is 2.33 bits per heavy atom. The van der Waals surface area contributed by atoms with Gasteiger partial charge in [0.1, 0.15) is 5.82 Å². The van der Waals surface area contributed by atoms with Gasteiger partial charge < -0.3 is 15.4 Å². The molecule has 0 aliphatic carbocycles. The number of amides is 1. The summed E-state index contributed by atoms with van der Waals surface area (Å²) < 4.78 is 32.6. The van der Waals surface area contributed by atoms with E-state index in [0.717, 1.165) is 27.1 Å². The molecule has 0 unspecified atom stereocenters. The highest BCUT2D eigenvalue weighted by Crippen LogP contribution is 2.22. The van der Waals surface area contributed by atoms with E-state index in [1.807, 2.05) is 30.3 Å². The van der Waals surface area contributed by atoms with E-state index >= 15 is 0 Å². The van der Waals surface area contributed by atoms with Crippen LogP contribution in [0.2, 0.25) is 0 Å². The number of carboxylic acid groups (broad SMARTS) is 1. The van der Waals surface area contributed by atoms with Crippen LogP contribution in [-0.4, -0.2) is 38.1 Å². The lowest BCUT2D eigenvalue weighted by Gasteiger charge is -2.02. The van der Waals surface area contributed by atoms with Crippen LogP contribution < -0.4 is 5.32 Å². The van der Waals surface area contributed by atoms with Crippen molar-refractivity contribution in [2.24, 2.45) is 0 Å². The van der Waals surface area contributed by atoms with Gasteiger partial charge in [0.2, 0.25) is 5.91 Å². The van der Waals surface area contributed by atoms with E-state index in [2.05, 4.69) is 36.2 Å². The number of benzene rings is 1. The Morgan fingerprint density at radius 2 is 1.81 bits per heavy atom. The zero-order valence-corrected chi connectivity index (χ0v) is 15.2. The van der Waals surface area contributed by atoms with Crippen LogP contribution in [0, 0.1) is 0 Å². The lowest BCUT2D eigenvalue weighted by Crippen LogP contribution is -2.21. The van der Waals surface area contributed by atoms with E-state index in [-0.39, 0.29) is 5.91 Å². The number of aliphatic carboxylic acids is 1. The Hall–Kier alpha value is -2.95. The zero-order valence-electron chi connectivity index (χ0n) is 13.6. The van der Waals surface area contributed by atoms with Crippen LogP contribution in [0.5, 0.6) is 0 Å². The van der Waals surface area contributed by atoms with Crippen LogP contribution in [0.25, 0.3) is 22.6 Å². The van der Waals surface area contributed by atoms with Crippen molar-refractivity contribution >= 4 is 44.7 Å². The van der Waals surface area contributed by atoms with Crippen molar-refractivity contribution in [2.75, 3.05) is 5.32 Å². The summed E-state index contributed by atoms with van der Waals surface area (Å²) in [6, 6.07) is 9.42. The summed E-state index contributed by atoms with van der Waals surface area (Å²) in [5.74, 6) is -2.09. The molecule has 7 nitrogen and oxygen atoms in total. The molecule has 3 rings (SSSR count). The molecular weight excluding hydrogens is 433 g/mol. The van der Waals surface area contributed by atoms with E-state index < -0.39 is 12.1 Å². The van der Waals surface area contributed by atoms with Crippen LogP contribution in [0.1, 0.15) is 6.92 Å². The van der Waals surface area contributed by atoms with Crippen LogP contribution in [0.4, 0.5) is 18.9 Å². The lowest BCUT2D eigenvalue weighted by atomic mass is 10.2. The summed E-state index contributed by atoms with van der Waals surface area (Å²) in [6.45, 7) is 1.48. The Morgan fingerprint density at radius 1 is 1.22 bits per heavy atom. The van der Waals surface area contributed by atoms with E-state index in [4.69, 9.17) is 9.90 Å². The molecule has 0 radical (unpaired) electrons. The minimum absolute atomic E-state index is 0.0875. The number of halogens is 4. The number of aromatic amines is 1. The number of pyridine rings is 1. The number of anilines is 1. The maximum atomic E-state index is 11.0. The van der Waals surface area contributed by atoms with Gasteiger partial charge in [0.05, 0.1) is 5.52 Å². The van der Waals surface area contributed by atoms with Crippen LogP contribution in [0.15, 0.2) is 41.0 Å². The SMILES string of the molecule is CC(=O)Nc1ccc(-c2nc3ncc(Br)cc3[nH]2)cc1.O=C(O)C(F)(F)F. The fourth-order valence-electron chi connectivity index (χ4n) is 1.93. The Kier molecular flexibility index (Phi) is 6.16. The minimum Gasteiger partial charge on any atom is -0.475 e. The highest BCUT2D eigenvalue weighted by molar-refractivity contribution is 9.10. The first-order valence-electron chi connectivity index (χ1n) is 7.25. The number of alkyl halides is 3. The Bertz CT molecular complexity index is 971. The van der Waals surface area contributed by atoms with Crippen LogP contribution >= 0.6 is 15.9 Å². The highest BCUT2D eigenvalue weighted by atomic mass is 79.9. The molecule has 0 atom stereocenters. The van der Waals surface area contributed by atoms with Gasteiger partial charge in [-0.2, -0.15) is 13.2 Å². The van der Waals surface area contributed by atoms with E-state index in [1.165, 1.54) is 6.92 Å². The molecule has 3 aromatic rings. The number of imidazole rings is 1. The summed E-state index contributed by atoms with van der Waals surface area (Å²) in [5.41, 5.74) is 3.25. The molecule has 1 aromatic carbocycles. The van der Waals surface area contributed by atoms with Gasteiger partial charge in [0.15, 0.2) is 5.65 Å². The van der Waals surface area contributed by atoms with Gasteiger partial charge in [-0.15, -0.1) is 0 Å². The van der Waals surface area contributed by atoms with Gasteiger partial charge in [0.25, 0.3) is 0 Å². The first-order valence-corrected chi connectivity index (χ1v) is 8.05. The van der Waals surface area contributed by atoms with Crippen molar-refractivity contribution in [2.45, 2.75) is 13.1 Å². The molecule has 0 bridgehead atoms. The number of carbonyl (C=O) groups is 2. The predicted molar refractivity (Wildman–Crippen MR) is 95.0 cm³/mol. The first-order chi connectivity index (χ1) is 12.6. The molecule has 0 saturated heterocycles. The molecule has 0 aliphatic rings. The molecule has 27 heavy (non-hydrogen) atoms. The molecule has 3 N–H and O–H groups in total. The normalized spacial score (nSPS) is 10.9. The van der Waals surface area contributed by atoms with Crippen molar-refractivity contribution in [1.82, 2.24) is 15.0 Å². The molecule has 11 heteroatoms. The van der Waals surface area contributed by atoms with Gasteiger partial charge >= 0.3 is 12.1 Å². The third-order valence-corrected chi connectivity index (χ3v) is 3.46. The molecule has 0 fully saturated rings. The number of nitrogens with one attached hydrogen (secondary N) is 2. The predicted octanol–water partition coefficient (Wildman–Crippen LogP) is 3.98. The van der Waals surface area contributed by atoms with Crippen molar-refractivity contribution in [3.63, 3.8) is 0 Å². The van der Waals surface area contributed by atoms with Crippen LogP contribution in [-0.2, 0) is 9.59 Å². The fraction of sp³-hybridized carbons (Fsp3) is 0.125. The van der Waals surface area contributed by atoms with Crippen molar-refractivity contribution < 1.29 is 27.9 Å². The molecular formula is C16H12BrF3N4O3. The number of nitrogens with zero attached hydrogens (tertiary/aromatic N) is 2. The number of aromatic nitrogens is 3. The smallest absolute Gasteiger partial charge is 0.475 e. The third-order valence-electron chi connectivity index (χ3n) is 3.03. The topological polar surface area (TPSA) is 108 Å². The first kappa shape index (κ1) is 20.4. The quantitative estimate of drug-likeness (QED) is 0.553. The minimum atomic E-state index is -5.08. The summed E-state index contributed by atoms with van der Waals surface area (Å²) in [5, 5.41) is 9.85. The van der Waals surface area contributed by atoms with Gasteiger partial charge in [-0.1, -0.05) is 0 Å². The number of carboxylic acids is 1. The standard InChI is InChI=1S/C14H11BrN4O.C2HF3O2/c1-8(20)17-11-4-2-9(3-5-11)13-18-12-6-10(15)7-16-14(12)19-13;3-2(4,5)1(6)7/h2-7H,1H3,(H,17,20)(H,16,18,19);(H,6,7). The summed E-state index contributed by atoms with van der Waals surface area (Å²) >= 11 is 3.38. The van der Waals surface area contributed by atoms with Gasteiger partial charge in [-0.05, 0) is 46.3 Å².